The largest absolute Gasteiger partial charge is 0.324 e. The zero-order valence-corrected chi connectivity index (χ0v) is 14.9. The van der Waals surface area contributed by atoms with Crippen molar-refractivity contribution >= 4 is 11.6 Å². The molecule has 1 aromatic carbocycles. The van der Waals surface area contributed by atoms with Crippen molar-refractivity contribution < 1.29 is 4.79 Å². The van der Waals surface area contributed by atoms with Crippen molar-refractivity contribution in [3.05, 3.63) is 29.3 Å². The van der Waals surface area contributed by atoms with Gasteiger partial charge in [0.2, 0.25) is 5.91 Å². The van der Waals surface area contributed by atoms with Gasteiger partial charge in [0, 0.05) is 18.8 Å². The molecule has 4 nitrogen and oxygen atoms in total. The van der Waals surface area contributed by atoms with Crippen LogP contribution in [0.3, 0.4) is 0 Å². The lowest BCUT2D eigenvalue weighted by Gasteiger charge is -2.21. The van der Waals surface area contributed by atoms with Crippen molar-refractivity contribution in [3.63, 3.8) is 0 Å². The summed E-state index contributed by atoms with van der Waals surface area (Å²) >= 11 is 0. The molecule has 1 N–H and O–H groups in total. The number of hydrogen-bond donors (Lipinski definition) is 1. The zero-order chi connectivity index (χ0) is 16.7. The molecule has 0 atom stereocenters. The van der Waals surface area contributed by atoms with Crippen LogP contribution in [0.15, 0.2) is 18.2 Å². The fraction of sp³-hybridized carbons (Fsp3) is 0.632. The van der Waals surface area contributed by atoms with Crippen molar-refractivity contribution in [2.75, 3.05) is 45.1 Å². The van der Waals surface area contributed by atoms with Gasteiger partial charge in [0.05, 0.1) is 6.54 Å². The molecule has 0 unspecified atom stereocenters. The van der Waals surface area contributed by atoms with E-state index in [0.717, 1.165) is 31.6 Å². The number of aryl methyl sites for hydroxylation is 2. The summed E-state index contributed by atoms with van der Waals surface area (Å²) in [5, 5.41) is 3.15. The summed E-state index contributed by atoms with van der Waals surface area (Å²) in [5.41, 5.74) is 3.46. The van der Waals surface area contributed by atoms with Crippen LogP contribution in [-0.4, -0.2) is 55.5 Å². The number of benzene rings is 1. The summed E-state index contributed by atoms with van der Waals surface area (Å²) in [6.07, 6.45) is 4.51. The average Bonchev–Trinajstić information content (AvgIpc) is 3.06. The van der Waals surface area contributed by atoms with Gasteiger partial charge < -0.3 is 10.2 Å². The third-order valence-electron chi connectivity index (χ3n) is 4.67. The summed E-state index contributed by atoms with van der Waals surface area (Å²) in [7, 11) is 2.03. The van der Waals surface area contributed by atoms with Gasteiger partial charge in [-0.3, -0.25) is 9.69 Å². The van der Waals surface area contributed by atoms with Crippen molar-refractivity contribution in [2.45, 2.75) is 39.5 Å². The molecule has 1 saturated heterocycles. The molecule has 0 radical (unpaired) electrons. The van der Waals surface area contributed by atoms with Crippen LogP contribution in [-0.2, 0) is 17.6 Å². The molecular formula is C19H31N3O. The number of likely N-dealkylation sites (tertiary alicyclic amines) is 1. The SMILES string of the molecule is CCc1cccc(CC)c1NC(=O)CN(C)CCN1CCCC1. The molecular weight excluding hydrogens is 286 g/mol. The summed E-state index contributed by atoms with van der Waals surface area (Å²) in [6, 6.07) is 6.28. The standard InChI is InChI=1S/C19H31N3O/c1-4-16-9-8-10-17(5-2)19(16)20-18(23)15-21(3)13-14-22-11-6-7-12-22/h8-10H,4-7,11-15H2,1-3H3,(H,20,23). The van der Waals surface area contributed by atoms with E-state index in [-0.39, 0.29) is 5.91 Å². The van der Waals surface area contributed by atoms with Gasteiger partial charge in [0.25, 0.3) is 0 Å². The molecule has 0 aromatic heterocycles. The van der Waals surface area contributed by atoms with E-state index in [1.54, 1.807) is 0 Å². The first kappa shape index (κ1) is 18.0. The first-order chi connectivity index (χ1) is 11.1. The van der Waals surface area contributed by atoms with Crippen molar-refractivity contribution in [1.29, 1.82) is 0 Å². The lowest BCUT2D eigenvalue weighted by atomic mass is 10.0. The Hall–Kier alpha value is -1.39. The predicted octanol–water partition coefficient (Wildman–Crippen LogP) is 2.78. The molecule has 1 amide bonds. The van der Waals surface area contributed by atoms with Crippen LogP contribution in [0.4, 0.5) is 5.69 Å². The Kier molecular flexibility index (Phi) is 7.06. The average molecular weight is 317 g/mol. The van der Waals surface area contributed by atoms with Gasteiger partial charge in [-0.05, 0) is 56.9 Å². The molecule has 4 heteroatoms. The number of anilines is 1. The second kappa shape index (κ2) is 9.04. The molecule has 23 heavy (non-hydrogen) atoms. The van der Waals surface area contributed by atoms with Crippen LogP contribution < -0.4 is 5.32 Å². The van der Waals surface area contributed by atoms with E-state index >= 15 is 0 Å². The van der Waals surface area contributed by atoms with Gasteiger partial charge >= 0.3 is 0 Å². The fourth-order valence-electron chi connectivity index (χ4n) is 3.22. The molecule has 0 spiro atoms. The van der Waals surface area contributed by atoms with Gasteiger partial charge in [-0.25, -0.2) is 0 Å². The normalized spacial score (nSPS) is 15.3. The van der Waals surface area contributed by atoms with Crippen LogP contribution >= 0.6 is 0 Å². The van der Waals surface area contributed by atoms with Gasteiger partial charge in [-0.2, -0.15) is 0 Å². The number of nitrogens with one attached hydrogen (secondary N) is 1. The number of hydrogen-bond acceptors (Lipinski definition) is 3. The lowest BCUT2D eigenvalue weighted by Crippen LogP contribution is -2.36. The van der Waals surface area contributed by atoms with E-state index in [0.29, 0.717) is 6.54 Å². The smallest absolute Gasteiger partial charge is 0.238 e. The monoisotopic (exact) mass is 317 g/mol. The maximum Gasteiger partial charge on any atom is 0.238 e. The van der Waals surface area contributed by atoms with Crippen LogP contribution in [0.2, 0.25) is 0 Å². The Bertz CT molecular complexity index is 487. The zero-order valence-electron chi connectivity index (χ0n) is 14.9. The minimum absolute atomic E-state index is 0.0875. The van der Waals surface area contributed by atoms with Gasteiger partial charge in [0.1, 0.15) is 0 Å². The molecule has 1 aliphatic rings. The van der Waals surface area contributed by atoms with E-state index in [4.69, 9.17) is 0 Å². The minimum Gasteiger partial charge on any atom is -0.324 e. The Labute approximate surface area is 140 Å². The summed E-state index contributed by atoms with van der Waals surface area (Å²) in [5.74, 6) is 0.0875. The van der Waals surface area contributed by atoms with Gasteiger partial charge in [-0.1, -0.05) is 32.0 Å². The van der Waals surface area contributed by atoms with E-state index in [2.05, 4.69) is 47.2 Å². The first-order valence-electron chi connectivity index (χ1n) is 8.95. The fourth-order valence-corrected chi connectivity index (χ4v) is 3.22. The summed E-state index contributed by atoms with van der Waals surface area (Å²) < 4.78 is 0. The quantitative estimate of drug-likeness (QED) is 0.801. The van der Waals surface area contributed by atoms with Crippen LogP contribution in [0.25, 0.3) is 0 Å². The van der Waals surface area contributed by atoms with Crippen molar-refractivity contribution in [1.82, 2.24) is 9.80 Å². The van der Waals surface area contributed by atoms with E-state index in [1.165, 1.54) is 37.1 Å². The van der Waals surface area contributed by atoms with Crippen LogP contribution in [0.1, 0.15) is 37.8 Å². The topological polar surface area (TPSA) is 35.6 Å². The third kappa shape index (κ3) is 5.33. The van der Waals surface area contributed by atoms with Crippen LogP contribution in [0.5, 0.6) is 0 Å². The summed E-state index contributed by atoms with van der Waals surface area (Å²) in [4.78, 5) is 17.0. The number of likely N-dealkylation sites (N-methyl/N-ethyl adjacent to an activating group) is 1. The molecule has 2 rings (SSSR count). The Morgan fingerprint density at radius 2 is 1.78 bits per heavy atom. The summed E-state index contributed by atoms with van der Waals surface area (Å²) in [6.45, 7) is 9.15. The number of nitrogens with zero attached hydrogens (tertiary/aromatic N) is 2. The number of rotatable bonds is 8. The molecule has 1 aromatic rings. The number of amides is 1. The molecule has 0 aliphatic carbocycles. The highest BCUT2D eigenvalue weighted by Gasteiger charge is 2.14. The number of carbonyl (C=O) groups excluding carboxylic acids is 1. The molecule has 1 aliphatic heterocycles. The Morgan fingerprint density at radius 1 is 1.17 bits per heavy atom. The molecule has 0 saturated carbocycles. The second-order valence-electron chi connectivity index (χ2n) is 6.49. The Morgan fingerprint density at radius 3 is 2.35 bits per heavy atom. The first-order valence-corrected chi connectivity index (χ1v) is 8.95. The maximum absolute atomic E-state index is 12.4. The van der Waals surface area contributed by atoms with E-state index < -0.39 is 0 Å². The molecule has 128 valence electrons. The van der Waals surface area contributed by atoms with E-state index in [1.807, 2.05) is 7.05 Å². The maximum atomic E-state index is 12.4. The third-order valence-corrected chi connectivity index (χ3v) is 4.67. The lowest BCUT2D eigenvalue weighted by molar-refractivity contribution is -0.117. The van der Waals surface area contributed by atoms with Crippen LogP contribution in [0, 0.1) is 0 Å². The molecule has 1 heterocycles. The highest BCUT2D eigenvalue weighted by atomic mass is 16.2. The minimum atomic E-state index is 0.0875. The molecule has 0 bridgehead atoms. The van der Waals surface area contributed by atoms with E-state index in [9.17, 15) is 4.79 Å². The van der Waals surface area contributed by atoms with Gasteiger partial charge in [0.15, 0.2) is 0 Å². The molecule has 1 fully saturated rings. The number of para-hydroxylation sites is 1. The predicted molar refractivity (Wildman–Crippen MR) is 97.0 cm³/mol. The van der Waals surface area contributed by atoms with Gasteiger partial charge in [-0.15, -0.1) is 0 Å². The Balaban J connectivity index is 1.86. The van der Waals surface area contributed by atoms with Crippen molar-refractivity contribution in [2.24, 2.45) is 0 Å². The van der Waals surface area contributed by atoms with Crippen molar-refractivity contribution in [3.8, 4) is 0 Å². The highest BCUT2D eigenvalue weighted by Crippen LogP contribution is 2.22. The second-order valence-corrected chi connectivity index (χ2v) is 6.49. The highest BCUT2D eigenvalue weighted by molar-refractivity contribution is 5.93. The number of carbonyl (C=O) groups is 1.